The van der Waals surface area contributed by atoms with E-state index < -0.39 is 23.6 Å². The van der Waals surface area contributed by atoms with E-state index >= 15 is 0 Å². The van der Waals surface area contributed by atoms with Crippen LogP contribution < -0.4 is 24.3 Å². The molecule has 0 atom stereocenters. The lowest BCUT2D eigenvalue weighted by atomic mass is 10.1. The number of thioether (sulfide) groups is 1. The number of hydrogen-bond acceptors (Lipinski definition) is 8. The molecule has 4 aromatic carbocycles. The second-order valence-electron chi connectivity index (χ2n) is 9.86. The maximum Gasteiger partial charge on any atom is 0.294 e. The summed E-state index contributed by atoms with van der Waals surface area (Å²) in [4.78, 5) is 39.8. The van der Waals surface area contributed by atoms with Crippen molar-refractivity contribution in [3.8, 4) is 23.0 Å². The fourth-order valence-electron chi connectivity index (χ4n) is 4.90. The number of anilines is 1. The Bertz CT molecular complexity index is 1800. The molecule has 2 heterocycles. The summed E-state index contributed by atoms with van der Waals surface area (Å²) in [7, 11) is 0. The smallest absolute Gasteiger partial charge is 0.294 e. The first-order valence-electron chi connectivity index (χ1n) is 13.9. The zero-order chi connectivity index (χ0) is 30.6. The van der Waals surface area contributed by atoms with Crippen LogP contribution >= 0.6 is 34.4 Å². The van der Waals surface area contributed by atoms with Crippen molar-refractivity contribution in [2.24, 2.45) is 0 Å². The third-order valence-corrected chi connectivity index (χ3v) is 8.59. The van der Waals surface area contributed by atoms with Gasteiger partial charge >= 0.3 is 0 Å². The van der Waals surface area contributed by atoms with E-state index in [-0.39, 0.29) is 4.91 Å². The molecule has 0 bridgehead atoms. The van der Waals surface area contributed by atoms with E-state index in [0.717, 1.165) is 36.6 Å². The molecule has 0 unspecified atom stereocenters. The lowest BCUT2D eigenvalue weighted by Crippen LogP contribution is -2.36. The molecule has 0 aromatic heterocycles. The lowest BCUT2D eigenvalue weighted by Gasteiger charge is -2.19. The molecular formula is C33H27IN2O7S. The quantitative estimate of drug-likeness (QED) is 0.148. The average molecular weight is 723 g/mol. The van der Waals surface area contributed by atoms with Crippen molar-refractivity contribution < 1.29 is 33.3 Å². The molecular weight excluding hydrogens is 695 g/mol. The maximum atomic E-state index is 13.2. The Morgan fingerprint density at radius 1 is 1.00 bits per heavy atom. The lowest BCUT2D eigenvalue weighted by molar-refractivity contribution is -0.127. The van der Waals surface area contributed by atoms with Crippen molar-refractivity contribution >= 4 is 73.9 Å². The van der Waals surface area contributed by atoms with E-state index in [1.54, 1.807) is 30.3 Å². The highest BCUT2D eigenvalue weighted by molar-refractivity contribution is 14.1. The van der Waals surface area contributed by atoms with Gasteiger partial charge in [-0.2, -0.15) is 0 Å². The van der Waals surface area contributed by atoms with Gasteiger partial charge in [0.1, 0.15) is 26.4 Å². The van der Waals surface area contributed by atoms with Crippen molar-refractivity contribution in [1.29, 1.82) is 0 Å². The molecule has 1 N–H and O–H groups in total. The highest BCUT2D eigenvalue weighted by Gasteiger charge is 2.36. The van der Waals surface area contributed by atoms with Crippen LogP contribution in [0, 0.1) is 3.57 Å². The van der Waals surface area contributed by atoms with Gasteiger partial charge in [0, 0.05) is 11.8 Å². The summed E-state index contributed by atoms with van der Waals surface area (Å²) in [6.45, 7) is 3.11. The highest BCUT2D eigenvalue weighted by atomic mass is 127. The van der Waals surface area contributed by atoms with E-state index in [2.05, 4.69) is 46.1 Å². The summed E-state index contributed by atoms with van der Waals surface area (Å²) in [6.07, 6.45) is 1.63. The third-order valence-electron chi connectivity index (χ3n) is 6.88. The number of hydrogen-bond donors (Lipinski definition) is 1. The predicted octanol–water partition coefficient (Wildman–Crippen LogP) is 6.87. The zero-order valence-electron chi connectivity index (χ0n) is 23.6. The molecule has 3 amide bonds. The maximum absolute atomic E-state index is 13.2. The van der Waals surface area contributed by atoms with Crippen LogP contribution in [-0.4, -0.2) is 48.3 Å². The second kappa shape index (κ2) is 13.2. The van der Waals surface area contributed by atoms with Crippen LogP contribution in [0.1, 0.15) is 18.1 Å². The number of carbonyl (C=O) groups excluding carboxylic acids is 3. The zero-order valence-corrected chi connectivity index (χ0v) is 26.6. The van der Waals surface area contributed by atoms with Crippen LogP contribution in [0.4, 0.5) is 10.5 Å². The van der Waals surface area contributed by atoms with Gasteiger partial charge in [-0.25, -0.2) is 0 Å². The molecule has 2 aliphatic heterocycles. The fourth-order valence-corrected chi connectivity index (χ4v) is 6.51. The molecule has 44 heavy (non-hydrogen) atoms. The van der Waals surface area contributed by atoms with E-state index in [9.17, 15) is 14.4 Å². The van der Waals surface area contributed by atoms with Crippen LogP contribution in [0.2, 0.25) is 0 Å². The number of fused-ring (bicyclic) bond motifs is 2. The summed E-state index contributed by atoms with van der Waals surface area (Å²) in [5.41, 5.74) is 2.20. The van der Waals surface area contributed by atoms with Gasteiger partial charge in [0.25, 0.3) is 11.1 Å². The van der Waals surface area contributed by atoms with Gasteiger partial charge in [-0.05, 0) is 93.5 Å². The monoisotopic (exact) mass is 722 g/mol. The first-order chi connectivity index (χ1) is 21.4. The van der Waals surface area contributed by atoms with Gasteiger partial charge in [0.2, 0.25) is 5.91 Å². The van der Waals surface area contributed by atoms with Gasteiger partial charge in [-0.3, -0.25) is 19.3 Å². The molecule has 224 valence electrons. The predicted molar refractivity (Wildman–Crippen MR) is 177 cm³/mol. The van der Waals surface area contributed by atoms with Crippen molar-refractivity contribution in [3.05, 3.63) is 92.4 Å². The summed E-state index contributed by atoms with van der Waals surface area (Å²) < 4.78 is 24.0. The number of ether oxygens (including phenoxy) is 4. The summed E-state index contributed by atoms with van der Waals surface area (Å²) in [5.74, 6) is 1.20. The molecule has 1 fully saturated rings. The Kier molecular flexibility index (Phi) is 8.94. The normalized spacial score (nSPS) is 15.1. The van der Waals surface area contributed by atoms with Gasteiger partial charge in [0.15, 0.2) is 23.0 Å². The molecule has 6 rings (SSSR count). The molecule has 0 saturated carbocycles. The Morgan fingerprint density at radius 2 is 1.80 bits per heavy atom. The SMILES string of the molecule is CCOc1cc(/C=C2/SC(=O)N(CC(=O)Nc3ccc4c(c3)OCCO4)C2=O)cc(I)c1OCc1cccc2ccccc12. The fraction of sp³-hybridized carbons (Fsp3) is 0.182. The average Bonchev–Trinajstić information content (AvgIpc) is 3.27. The van der Waals surface area contributed by atoms with E-state index in [1.165, 1.54) is 0 Å². The van der Waals surface area contributed by atoms with Gasteiger partial charge in [-0.15, -0.1) is 0 Å². The largest absolute Gasteiger partial charge is 0.490 e. The van der Waals surface area contributed by atoms with Crippen LogP contribution in [0.25, 0.3) is 16.8 Å². The summed E-state index contributed by atoms with van der Waals surface area (Å²) >= 11 is 2.97. The Labute approximate surface area is 271 Å². The summed E-state index contributed by atoms with van der Waals surface area (Å²) in [5, 5.41) is 4.45. The Balaban J connectivity index is 1.16. The minimum Gasteiger partial charge on any atom is -0.490 e. The number of nitrogens with one attached hydrogen (secondary N) is 1. The van der Waals surface area contributed by atoms with Crippen molar-refractivity contribution in [2.75, 3.05) is 31.7 Å². The molecule has 4 aromatic rings. The topological polar surface area (TPSA) is 103 Å². The highest BCUT2D eigenvalue weighted by Crippen LogP contribution is 2.38. The van der Waals surface area contributed by atoms with E-state index in [0.29, 0.717) is 60.7 Å². The minimum atomic E-state index is -0.540. The molecule has 0 radical (unpaired) electrons. The van der Waals surface area contributed by atoms with Crippen LogP contribution in [0.5, 0.6) is 23.0 Å². The van der Waals surface area contributed by atoms with Gasteiger partial charge in [0.05, 0.1) is 15.1 Å². The number of nitrogens with zero attached hydrogens (tertiary/aromatic N) is 1. The second-order valence-corrected chi connectivity index (χ2v) is 12.0. The van der Waals surface area contributed by atoms with Crippen LogP contribution in [0.3, 0.4) is 0 Å². The summed E-state index contributed by atoms with van der Waals surface area (Å²) in [6, 6.07) is 22.9. The third kappa shape index (κ3) is 6.48. The number of rotatable bonds is 9. The number of imide groups is 1. The van der Waals surface area contributed by atoms with Crippen molar-refractivity contribution in [2.45, 2.75) is 13.5 Å². The molecule has 0 aliphatic carbocycles. The molecule has 2 aliphatic rings. The van der Waals surface area contributed by atoms with Crippen LogP contribution in [0.15, 0.2) is 77.7 Å². The van der Waals surface area contributed by atoms with Gasteiger partial charge < -0.3 is 24.3 Å². The van der Waals surface area contributed by atoms with Crippen molar-refractivity contribution in [1.82, 2.24) is 4.90 Å². The number of carbonyl (C=O) groups is 3. The molecule has 0 spiro atoms. The van der Waals surface area contributed by atoms with E-state index in [4.69, 9.17) is 18.9 Å². The minimum absolute atomic E-state index is 0.213. The van der Waals surface area contributed by atoms with E-state index in [1.807, 2.05) is 37.3 Å². The Morgan fingerprint density at radius 3 is 2.64 bits per heavy atom. The standard InChI is InChI=1S/C33H27IN2O7S/c1-2-40-28-15-20(14-25(34)31(28)43-19-22-8-5-7-21-6-3-4-9-24(21)22)16-29-32(38)36(33(39)44-29)18-30(37)35-23-10-11-26-27(17-23)42-13-12-41-26/h3-11,14-17H,2,12-13,18-19H2,1H3,(H,35,37)/b29-16+. The first kappa shape index (κ1) is 29.8. The number of amides is 3. The number of halogens is 1. The Hall–Kier alpha value is -4.23. The van der Waals surface area contributed by atoms with Crippen LogP contribution in [-0.2, 0) is 16.2 Å². The van der Waals surface area contributed by atoms with Crippen molar-refractivity contribution in [3.63, 3.8) is 0 Å². The molecule has 11 heteroatoms. The first-order valence-corrected chi connectivity index (χ1v) is 15.8. The number of benzene rings is 4. The van der Waals surface area contributed by atoms with Gasteiger partial charge in [-0.1, -0.05) is 42.5 Å². The molecule has 9 nitrogen and oxygen atoms in total. The molecule has 1 saturated heterocycles.